The Balaban J connectivity index is 3.33. The minimum absolute atomic E-state index is 0.199. The van der Waals surface area contributed by atoms with Gasteiger partial charge in [0.2, 0.25) is 0 Å². The van der Waals surface area contributed by atoms with Crippen molar-refractivity contribution in [2.75, 3.05) is 0 Å². The number of hydrogen-bond acceptors (Lipinski definition) is 1. The van der Waals surface area contributed by atoms with Crippen LogP contribution in [0.3, 0.4) is 0 Å². The van der Waals surface area contributed by atoms with E-state index in [0.717, 1.165) is 6.07 Å². The van der Waals surface area contributed by atoms with Crippen LogP contribution in [0.5, 0.6) is 0 Å². The molecule has 0 saturated carbocycles. The fraction of sp³-hybridized carbons (Fsp3) is 0.125. The molecule has 1 rings (SSSR count). The second-order valence-electron chi connectivity index (χ2n) is 2.45. The molecule has 4 heteroatoms. The van der Waals surface area contributed by atoms with E-state index in [0.29, 0.717) is 6.07 Å². The zero-order chi connectivity index (χ0) is 9.30. The van der Waals surface area contributed by atoms with Gasteiger partial charge < -0.3 is 5.73 Å². The quantitative estimate of drug-likeness (QED) is 0.681. The summed E-state index contributed by atoms with van der Waals surface area (Å²) in [4.78, 5) is 10.5. The molecule has 0 spiro atoms. The van der Waals surface area contributed by atoms with Crippen LogP contribution in [0.2, 0.25) is 0 Å². The molecule has 0 aliphatic carbocycles. The zero-order valence-electron chi connectivity index (χ0n) is 6.40. The molecule has 64 valence electrons. The number of amides is 1. The average Bonchev–Trinajstić information content (AvgIpc) is 1.96. The molecule has 0 unspecified atom stereocenters. The highest BCUT2D eigenvalue weighted by molar-refractivity contribution is 5.93. The lowest BCUT2D eigenvalue weighted by molar-refractivity contribution is 0.0996. The largest absolute Gasteiger partial charge is 0.366 e. The predicted octanol–water partition coefficient (Wildman–Crippen LogP) is 1.37. The van der Waals surface area contributed by atoms with Crippen LogP contribution in [0.25, 0.3) is 0 Å². The lowest BCUT2D eigenvalue weighted by atomic mass is 10.1. The zero-order valence-corrected chi connectivity index (χ0v) is 6.40. The molecule has 0 heterocycles. The number of primary amides is 1. The number of nitrogens with two attached hydrogens (primary N) is 1. The van der Waals surface area contributed by atoms with Crippen molar-refractivity contribution >= 4 is 5.91 Å². The summed E-state index contributed by atoms with van der Waals surface area (Å²) < 4.78 is 25.4. The molecule has 0 bridgehead atoms. The Kier molecular flexibility index (Phi) is 2.08. The Hall–Kier alpha value is -1.45. The van der Waals surface area contributed by atoms with Gasteiger partial charge >= 0.3 is 0 Å². The summed E-state index contributed by atoms with van der Waals surface area (Å²) in [5.41, 5.74) is 4.75. The summed E-state index contributed by atoms with van der Waals surface area (Å²) in [6.45, 7) is 1.43. The predicted molar refractivity (Wildman–Crippen MR) is 39.6 cm³/mol. The highest BCUT2D eigenvalue weighted by Crippen LogP contribution is 2.13. The van der Waals surface area contributed by atoms with Gasteiger partial charge in [-0.25, -0.2) is 8.78 Å². The molecule has 0 aromatic heterocycles. The van der Waals surface area contributed by atoms with E-state index in [-0.39, 0.29) is 11.1 Å². The molecule has 0 aliphatic heterocycles. The molecular weight excluding hydrogens is 164 g/mol. The van der Waals surface area contributed by atoms with Crippen LogP contribution >= 0.6 is 0 Å². The number of aryl methyl sites for hydroxylation is 1. The van der Waals surface area contributed by atoms with Crippen molar-refractivity contribution in [2.45, 2.75) is 6.92 Å². The first kappa shape index (κ1) is 8.64. The summed E-state index contributed by atoms with van der Waals surface area (Å²) in [5.74, 6) is -2.50. The number of rotatable bonds is 1. The lowest BCUT2D eigenvalue weighted by Crippen LogP contribution is -2.13. The third-order valence-corrected chi connectivity index (χ3v) is 1.51. The Bertz CT molecular complexity index is 336. The van der Waals surface area contributed by atoms with Gasteiger partial charge in [-0.3, -0.25) is 4.79 Å². The Labute approximate surface area is 68.0 Å². The molecule has 1 aromatic carbocycles. The topological polar surface area (TPSA) is 43.1 Å². The first-order valence-electron chi connectivity index (χ1n) is 3.28. The van der Waals surface area contributed by atoms with E-state index in [1.165, 1.54) is 6.92 Å². The van der Waals surface area contributed by atoms with Gasteiger partial charge in [-0.05, 0) is 18.6 Å². The lowest BCUT2D eigenvalue weighted by Gasteiger charge is -2.00. The molecule has 2 nitrogen and oxygen atoms in total. The second-order valence-corrected chi connectivity index (χ2v) is 2.45. The summed E-state index contributed by atoms with van der Waals surface area (Å²) in [6, 6.07) is 1.74. The smallest absolute Gasteiger partial charge is 0.251 e. The maximum atomic E-state index is 12.7. The maximum absolute atomic E-state index is 12.7. The number of benzene rings is 1. The summed E-state index contributed by atoms with van der Waals surface area (Å²) in [6.07, 6.45) is 0. The molecule has 0 atom stereocenters. The normalized spacial score (nSPS) is 9.92. The van der Waals surface area contributed by atoms with Gasteiger partial charge in [0, 0.05) is 6.07 Å². The van der Waals surface area contributed by atoms with Crippen LogP contribution in [0.4, 0.5) is 8.78 Å². The van der Waals surface area contributed by atoms with E-state index < -0.39 is 17.5 Å². The molecular formula is C8H7F2NO. The van der Waals surface area contributed by atoms with E-state index >= 15 is 0 Å². The molecule has 0 aliphatic rings. The average molecular weight is 171 g/mol. The molecule has 2 N–H and O–H groups in total. The third kappa shape index (κ3) is 1.42. The SMILES string of the molecule is Cc1cc(C(N)=O)c(F)cc1F. The van der Waals surface area contributed by atoms with Crippen molar-refractivity contribution in [3.05, 3.63) is 34.9 Å². The van der Waals surface area contributed by atoms with Crippen molar-refractivity contribution in [2.24, 2.45) is 5.73 Å². The highest BCUT2D eigenvalue weighted by atomic mass is 19.1. The fourth-order valence-electron chi connectivity index (χ4n) is 0.846. The number of carbonyl (C=O) groups is 1. The van der Waals surface area contributed by atoms with Crippen molar-refractivity contribution in [1.29, 1.82) is 0 Å². The number of halogens is 2. The molecule has 1 amide bonds. The minimum atomic E-state index is -0.925. The molecule has 1 aromatic rings. The van der Waals surface area contributed by atoms with E-state index in [1.807, 2.05) is 0 Å². The van der Waals surface area contributed by atoms with Gasteiger partial charge in [0.25, 0.3) is 5.91 Å². The van der Waals surface area contributed by atoms with Gasteiger partial charge in [-0.15, -0.1) is 0 Å². The van der Waals surface area contributed by atoms with Crippen molar-refractivity contribution < 1.29 is 13.6 Å². The fourth-order valence-corrected chi connectivity index (χ4v) is 0.846. The van der Waals surface area contributed by atoms with Crippen LogP contribution in [0.15, 0.2) is 12.1 Å². The Morgan fingerprint density at radius 3 is 2.42 bits per heavy atom. The Morgan fingerprint density at radius 1 is 1.33 bits per heavy atom. The Morgan fingerprint density at radius 2 is 1.92 bits per heavy atom. The van der Waals surface area contributed by atoms with Crippen molar-refractivity contribution in [3.63, 3.8) is 0 Å². The van der Waals surface area contributed by atoms with E-state index in [4.69, 9.17) is 5.73 Å². The van der Waals surface area contributed by atoms with E-state index in [2.05, 4.69) is 0 Å². The van der Waals surface area contributed by atoms with Crippen molar-refractivity contribution in [1.82, 2.24) is 0 Å². The molecule has 12 heavy (non-hydrogen) atoms. The van der Waals surface area contributed by atoms with Gasteiger partial charge in [0.15, 0.2) is 0 Å². The number of carbonyl (C=O) groups excluding carboxylic acids is 1. The van der Waals surface area contributed by atoms with Crippen LogP contribution < -0.4 is 5.73 Å². The van der Waals surface area contributed by atoms with E-state index in [9.17, 15) is 13.6 Å². The van der Waals surface area contributed by atoms with Crippen LogP contribution in [0.1, 0.15) is 15.9 Å². The molecule has 0 saturated heterocycles. The third-order valence-electron chi connectivity index (χ3n) is 1.51. The number of hydrogen-bond donors (Lipinski definition) is 1. The summed E-state index contributed by atoms with van der Waals surface area (Å²) in [5, 5.41) is 0. The maximum Gasteiger partial charge on any atom is 0.251 e. The van der Waals surface area contributed by atoms with Crippen LogP contribution in [-0.2, 0) is 0 Å². The molecule has 0 fully saturated rings. The minimum Gasteiger partial charge on any atom is -0.366 e. The van der Waals surface area contributed by atoms with Gasteiger partial charge in [-0.1, -0.05) is 0 Å². The first-order valence-corrected chi connectivity index (χ1v) is 3.28. The van der Waals surface area contributed by atoms with Gasteiger partial charge in [0.05, 0.1) is 5.56 Å². The van der Waals surface area contributed by atoms with Crippen LogP contribution in [-0.4, -0.2) is 5.91 Å². The van der Waals surface area contributed by atoms with E-state index in [1.54, 1.807) is 0 Å². The van der Waals surface area contributed by atoms with Gasteiger partial charge in [-0.2, -0.15) is 0 Å². The summed E-state index contributed by atoms with van der Waals surface area (Å²) >= 11 is 0. The van der Waals surface area contributed by atoms with Crippen LogP contribution in [0, 0.1) is 18.6 Å². The highest BCUT2D eigenvalue weighted by Gasteiger charge is 2.10. The first-order chi connectivity index (χ1) is 5.52. The summed E-state index contributed by atoms with van der Waals surface area (Å²) in [7, 11) is 0. The standard InChI is InChI=1S/C8H7F2NO/c1-4-2-5(8(11)12)7(10)3-6(4)9/h2-3H,1H3,(H2,11,12). The monoisotopic (exact) mass is 171 g/mol. The van der Waals surface area contributed by atoms with Gasteiger partial charge in [0.1, 0.15) is 11.6 Å². The molecule has 0 radical (unpaired) electrons. The second kappa shape index (κ2) is 2.89. The van der Waals surface area contributed by atoms with Crippen molar-refractivity contribution in [3.8, 4) is 0 Å².